The number of anilines is 3. The van der Waals surface area contributed by atoms with Crippen molar-refractivity contribution in [1.82, 2.24) is 15.0 Å². The molecule has 1 aromatic rings. The SMILES string of the molecule is CC(C)COCNc1nc(NCOCC(C)C)nc(NCOCC(C)C)n1. The van der Waals surface area contributed by atoms with Gasteiger partial charge < -0.3 is 30.2 Å². The molecular formula is C18H36N6O3. The second-order valence-electron chi connectivity index (χ2n) is 7.56. The normalized spacial score (nSPS) is 11.4. The molecule has 156 valence electrons. The van der Waals surface area contributed by atoms with Crippen LogP contribution >= 0.6 is 0 Å². The first-order valence-corrected chi connectivity index (χ1v) is 9.57. The van der Waals surface area contributed by atoms with E-state index < -0.39 is 0 Å². The maximum Gasteiger partial charge on any atom is 0.231 e. The van der Waals surface area contributed by atoms with Crippen LogP contribution in [0.4, 0.5) is 17.8 Å². The minimum Gasteiger partial charge on any atom is -0.361 e. The van der Waals surface area contributed by atoms with E-state index in [1.807, 2.05) is 0 Å². The van der Waals surface area contributed by atoms with Crippen molar-refractivity contribution < 1.29 is 14.2 Å². The first-order valence-electron chi connectivity index (χ1n) is 9.57. The standard InChI is InChI=1S/C18H36N6O3/c1-13(2)7-25-10-19-16-22-17(20-11-26-8-14(3)4)24-18(23-16)21-12-27-9-15(5)6/h13-15H,7-12H2,1-6H3,(H3,19,20,21,22,23,24). The highest BCUT2D eigenvalue weighted by atomic mass is 16.5. The quantitative estimate of drug-likeness (QED) is 0.311. The minimum absolute atomic E-state index is 0.328. The topological polar surface area (TPSA) is 102 Å². The average Bonchev–Trinajstić information content (AvgIpc) is 2.59. The number of ether oxygens (including phenoxy) is 3. The summed E-state index contributed by atoms with van der Waals surface area (Å²) in [7, 11) is 0. The van der Waals surface area contributed by atoms with Crippen LogP contribution in [-0.4, -0.2) is 55.0 Å². The van der Waals surface area contributed by atoms with Gasteiger partial charge in [0.1, 0.15) is 20.2 Å². The lowest BCUT2D eigenvalue weighted by Gasteiger charge is -2.13. The fraction of sp³-hybridized carbons (Fsp3) is 0.833. The molecular weight excluding hydrogens is 348 g/mol. The molecule has 0 bridgehead atoms. The zero-order valence-corrected chi connectivity index (χ0v) is 17.5. The van der Waals surface area contributed by atoms with Gasteiger partial charge in [-0.1, -0.05) is 41.5 Å². The zero-order chi connectivity index (χ0) is 20.1. The molecule has 0 spiro atoms. The lowest BCUT2D eigenvalue weighted by Crippen LogP contribution is -2.18. The van der Waals surface area contributed by atoms with Gasteiger partial charge in [-0.2, -0.15) is 15.0 Å². The summed E-state index contributed by atoms with van der Waals surface area (Å²) < 4.78 is 16.6. The van der Waals surface area contributed by atoms with Gasteiger partial charge in [0, 0.05) is 0 Å². The molecule has 9 nitrogen and oxygen atoms in total. The zero-order valence-electron chi connectivity index (χ0n) is 17.5. The Bertz CT molecular complexity index is 430. The van der Waals surface area contributed by atoms with Gasteiger partial charge in [0.05, 0.1) is 19.8 Å². The Morgan fingerprint density at radius 2 is 0.815 bits per heavy atom. The summed E-state index contributed by atoms with van der Waals surface area (Å²) in [6.07, 6.45) is 0. The molecule has 1 aromatic heterocycles. The number of nitrogens with zero attached hydrogens (tertiary/aromatic N) is 3. The van der Waals surface area contributed by atoms with Gasteiger partial charge in [0.25, 0.3) is 0 Å². The van der Waals surface area contributed by atoms with Crippen LogP contribution in [0.1, 0.15) is 41.5 Å². The van der Waals surface area contributed by atoms with E-state index in [4.69, 9.17) is 14.2 Å². The van der Waals surface area contributed by atoms with Gasteiger partial charge in [-0.05, 0) is 17.8 Å². The molecule has 0 aliphatic carbocycles. The Morgan fingerprint density at radius 3 is 1.04 bits per heavy atom. The molecule has 3 N–H and O–H groups in total. The minimum atomic E-state index is 0.328. The number of rotatable bonds is 15. The van der Waals surface area contributed by atoms with Crippen molar-refractivity contribution in [2.45, 2.75) is 41.5 Å². The maximum absolute atomic E-state index is 5.53. The molecule has 0 radical (unpaired) electrons. The van der Waals surface area contributed by atoms with Crippen molar-refractivity contribution in [3.8, 4) is 0 Å². The highest BCUT2D eigenvalue weighted by molar-refractivity contribution is 5.41. The third kappa shape index (κ3) is 12.3. The van der Waals surface area contributed by atoms with E-state index in [1.54, 1.807) is 0 Å². The summed E-state index contributed by atoms with van der Waals surface area (Å²) in [5, 5.41) is 9.16. The number of aromatic nitrogens is 3. The summed E-state index contributed by atoms with van der Waals surface area (Å²) in [6, 6.07) is 0. The predicted molar refractivity (Wildman–Crippen MR) is 108 cm³/mol. The van der Waals surface area contributed by atoms with E-state index >= 15 is 0 Å². The van der Waals surface area contributed by atoms with Crippen LogP contribution in [0.2, 0.25) is 0 Å². The monoisotopic (exact) mass is 384 g/mol. The van der Waals surface area contributed by atoms with Crippen molar-refractivity contribution in [2.75, 3.05) is 56.0 Å². The molecule has 9 heteroatoms. The highest BCUT2D eigenvalue weighted by Crippen LogP contribution is 2.09. The van der Waals surface area contributed by atoms with Crippen LogP contribution in [0.3, 0.4) is 0 Å². The lowest BCUT2D eigenvalue weighted by atomic mass is 10.2. The fourth-order valence-corrected chi connectivity index (χ4v) is 1.84. The number of hydrogen-bond acceptors (Lipinski definition) is 9. The largest absolute Gasteiger partial charge is 0.361 e. The van der Waals surface area contributed by atoms with E-state index in [2.05, 4.69) is 72.4 Å². The second kappa shape index (κ2) is 13.5. The molecule has 0 fully saturated rings. The van der Waals surface area contributed by atoms with Gasteiger partial charge in [-0.25, -0.2) is 0 Å². The van der Waals surface area contributed by atoms with Crippen molar-refractivity contribution in [3.63, 3.8) is 0 Å². The third-order valence-corrected chi connectivity index (χ3v) is 2.99. The first-order chi connectivity index (χ1) is 12.9. The summed E-state index contributed by atoms with van der Waals surface area (Å²) in [4.78, 5) is 13.0. The van der Waals surface area contributed by atoms with E-state index in [-0.39, 0.29) is 0 Å². The van der Waals surface area contributed by atoms with Crippen LogP contribution in [-0.2, 0) is 14.2 Å². The summed E-state index contributed by atoms with van der Waals surface area (Å²) in [6.45, 7) is 15.6. The van der Waals surface area contributed by atoms with Crippen LogP contribution < -0.4 is 16.0 Å². The molecule has 0 amide bonds. The van der Waals surface area contributed by atoms with Gasteiger partial charge >= 0.3 is 0 Å². The molecule has 0 unspecified atom stereocenters. The van der Waals surface area contributed by atoms with E-state index in [1.165, 1.54) is 0 Å². The summed E-state index contributed by atoms with van der Waals surface area (Å²) in [5.41, 5.74) is 0. The maximum atomic E-state index is 5.53. The van der Waals surface area contributed by atoms with Crippen molar-refractivity contribution in [1.29, 1.82) is 0 Å². The molecule has 1 rings (SSSR count). The van der Waals surface area contributed by atoms with Crippen LogP contribution in [0.5, 0.6) is 0 Å². The fourth-order valence-electron chi connectivity index (χ4n) is 1.84. The van der Waals surface area contributed by atoms with E-state index in [0.717, 1.165) is 0 Å². The van der Waals surface area contributed by atoms with Gasteiger partial charge in [-0.3, -0.25) is 0 Å². The molecule has 0 atom stereocenters. The van der Waals surface area contributed by atoms with Gasteiger partial charge in [0.2, 0.25) is 17.8 Å². The smallest absolute Gasteiger partial charge is 0.231 e. The number of hydrogen-bond donors (Lipinski definition) is 3. The Balaban J connectivity index is 2.60. The molecule has 0 aromatic carbocycles. The van der Waals surface area contributed by atoms with E-state index in [0.29, 0.717) is 75.6 Å². The average molecular weight is 385 g/mol. The van der Waals surface area contributed by atoms with Crippen molar-refractivity contribution in [2.24, 2.45) is 17.8 Å². The second-order valence-corrected chi connectivity index (χ2v) is 7.56. The van der Waals surface area contributed by atoms with Gasteiger partial charge in [-0.15, -0.1) is 0 Å². The molecule has 1 heterocycles. The van der Waals surface area contributed by atoms with Gasteiger partial charge in [0.15, 0.2) is 0 Å². The predicted octanol–water partition coefficient (Wildman–Crippen LogP) is 3.00. The molecule has 0 aliphatic rings. The molecule has 0 aliphatic heterocycles. The Labute approximate surface area is 163 Å². The van der Waals surface area contributed by atoms with Crippen LogP contribution in [0.15, 0.2) is 0 Å². The first kappa shape index (κ1) is 23.3. The van der Waals surface area contributed by atoms with Crippen molar-refractivity contribution in [3.05, 3.63) is 0 Å². The lowest BCUT2D eigenvalue weighted by molar-refractivity contribution is 0.124. The Morgan fingerprint density at radius 1 is 0.556 bits per heavy atom. The molecule has 0 saturated heterocycles. The third-order valence-electron chi connectivity index (χ3n) is 2.99. The van der Waals surface area contributed by atoms with E-state index in [9.17, 15) is 0 Å². The molecule has 0 saturated carbocycles. The summed E-state index contributed by atoms with van der Waals surface area (Å²) in [5.74, 6) is 2.67. The Kier molecular flexibility index (Phi) is 11.6. The van der Waals surface area contributed by atoms with Crippen LogP contribution in [0.25, 0.3) is 0 Å². The van der Waals surface area contributed by atoms with Crippen LogP contribution in [0, 0.1) is 17.8 Å². The highest BCUT2D eigenvalue weighted by Gasteiger charge is 2.07. The molecule has 27 heavy (non-hydrogen) atoms. The number of nitrogens with one attached hydrogen (secondary N) is 3. The summed E-state index contributed by atoms with van der Waals surface area (Å²) >= 11 is 0. The Hall–Kier alpha value is -1.71. The van der Waals surface area contributed by atoms with Crippen molar-refractivity contribution >= 4 is 17.8 Å².